The molecular formula is C29H27Cl2IN2O5. The van der Waals surface area contributed by atoms with Gasteiger partial charge < -0.3 is 19.7 Å². The molecule has 0 radical (unpaired) electrons. The van der Waals surface area contributed by atoms with Crippen LogP contribution in [0.1, 0.15) is 50.0 Å². The Hall–Kier alpha value is -2.56. The van der Waals surface area contributed by atoms with Crippen molar-refractivity contribution in [3.8, 4) is 11.5 Å². The number of allylic oxidation sites excluding steroid dienone is 4. The summed E-state index contributed by atoms with van der Waals surface area (Å²) in [6.07, 6.45) is 4.18. The number of hydrogen-bond acceptors (Lipinski definition) is 6. The maximum absolute atomic E-state index is 13.3. The monoisotopic (exact) mass is 680 g/mol. The second-order valence-electron chi connectivity index (χ2n) is 9.77. The van der Waals surface area contributed by atoms with Gasteiger partial charge in [-0.1, -0.05) is 23.2 Å². The van der Waals surface area contributed by atoms with E-state index in [2.05, 4.69) is 32.8 Å². The highest BCUT2D eigenvalue weighted by Crippen LogP contribution is 2.50. The molecule has 39 heavy (non-hydrogen) atoms. The van der Waals surface area contributed by atoms with Crippen molar-refractivity contribution in [2.24, 2.45) is 0 Å². The lowest BCUT2D eigenvalue weighted by atomic mass is 9.71. The summed E-state index contributed by atoms with van der Waals surface area (Å²) in [6.45, 7) is -0.262. The van der Waals surface area contributed by atoms with E-state index in [9.17, 15) is 14.4 Å². The summed E-state index contributed by atoms with van der Waals surface area (Å²) < 4.78 is 12.3. The van der Waals surface area contributed by atoms with Crippen molar-refractivity contribution >= 4 is 69.0 Å². The van der Waals surface area contributed by atoms with E-state index >= 15 is 0 Å². The van der Waals surface area contributed by atoms with E-state index < -0.39 is 5.92 Å². The van der Waals surface area contributed by atoms with Gasteiger partial charge in [0.15, 0.2) is 29.7 Å². The first-order valence-electron chi connectivity index (χ1n) is 12.7. The Labute approximate surface area is 250 Å². The first-order valence-corrected chi connectivity index (χ1v) is 14.5. The van der Waals surface area contributed by atoms with Crippen LogP contribution in [0.4, 0.5) is 5.69 Å². The fraction of sp³-hybridized carbons (Fsp3) is 0.345. The van der Waals surface area contributed by atoms with E-state index in [0.717, 1.165) is 42.6 Å². The Morgan fingerprint density at radius 3 is 2.23 bits per heavy atom. The number of hydrogen-bond donors (Lipinski definition) is 1. The topological polar surface area (TPSA) is 84.9 Å². The molecule has 0 bridgehead atoms. The molecule has 2 aromatic carbocycles. The molecule has 204 valence electrons. The molecule has 0 fully saturated rings. The number of ketones is 2. The zero-order valence-corrected chi connectivity index (χ0v) is 25.2. The van der Waals surface area contributed by atoms with Crippen molar-refractivity contribution in [3.05, 3.63) is 72.1 Å². The fourth-order valence-electron chi connectivity index (χ4n) is 5.64. The first-order chi connectivity index (χ1) is 18.7. The predicted molar refractivity (Wildman–Crippen MR) is 159 cm³/mol. The number of anilines is 1. The van der Waals surface area contributed by atoms with Crippen LogP contribution in [-0.2, 0) is 14.4 Å². The van der Waals surface area contributed by atoms with Crippen molar-refractivity contribution in [2.45, 2.75) is 44.4 Å². The van der Waals surface area contributed by atoms with Crippen molar-refractivity contribution in [1.82, 2.24) is 4.90 Å². The van der Waals surface area contributed by atoms with Crippen LogP contribution in [0.5, 0.6) is 11.5 Å². The lowest BCUT2D eigenvalue weighted by molar-refractivity contribution is -0.118. The molecule has 0 atom stereocenters. The summed E-state index contributed by atoms with van der Waals surface area (Å²) in [5.74, 6) is 0.191. The van der Waals surface area contributed by atoms with Gasteiger partial charge in [0.1, 0.15) is 0 Å². The molecule has 1 aliphatic heterocycles. The molecular weight excluding hydrogens is 654 g/mol. The third-order valence-corrected chi connectivity index (χ3v) is 8.92. The minimum Gasteiger partial charge on any atom is -0.493 e. The van der Waals surface area contributed by atoms with Crippen molar-refractivity contribution < 1.29 is 23.9 Å². The molecule has 0 spiro atoms. The summed E-state index contributed by atoms with van der Waals surface area (Å²) >= 11 is 14.1. The van der Waals surface area contributed by atoms with Crippen molar-refractivity contribution in [1.29, 1.82) is 0 Å². The molecule has 7 nitrogen and oxygen atoms in total. The largest absolute Gasteiger partial charge is 0.493 e. The van der Waals surface area contributed by atoms with Gasteiger partial charge in [0.25, 0.3) is 5.91 Å². The highest BCUT2D eigenvalue weighted by Gasteiger charge is 2.42. The number of methoxy groups -OCH3 is 1. The third kappa shape index (κ3) is 5.43. The number of carbonyl (C=O) groups is 3. The maximum Gasteiger partial charge on any atom is 0.262 e. The van der Waals surface area contributed by atoms with Crippen LogP contribution in [-0.4, -0.2) is 43.1 Å². The average molecular weight is 681 g/mol. The van der Waals surface area contributed by atoms with Crippen LogP contribution >= 0.6 is 45.8 Å². The Balaban J connectivity index is 1.46. The summed E-state index contributed by atoms with van der Waals surface area (Å²) in [5.41, 5.74) is 4.76. The van der Waals surface area contributed by atoms with Crippen molar-refractivity contribution in [2.75, 3.05) is 26.1 Å². The number of carbonyl (C=O) groups excluding carboxylic acids is 3. The van der Waals surface area contributed by atoms with E-state index in [1.54, 1.807) is 18.2 Å². The molecule has 3 aliphatic rings. The van der Waals surface area contributed by atoms with Crippen LogP contribution < -0.4 is 14.8 Å². The van der Waals surface area contributed by atoms with E-state index in [-0.39, 0.29) is 24.1 Å². The highest BCUT2D eigenvalue weighted by molar-refractivity contribution is 14.1. The van der Waals surface area contributed by atoms with E-state index in [4.69, 9.17) is 32.7 Å². The number of ether oxygens (including phenoxy) is 2. The van der Waals surface area contributed by atoms with Gasteiger partial charge in [0, 0.05) is 54.0 Å². The standard InChI is InChI=1S/C29H27Cl2IN2O5/c1-34-20-5-3-7-22(35)27(20)26(28-21(34)6-4-8-23(28)36)15-11-19(32)29(24(12-15)38-2)39-14-25(37)33-16-9-10-17(30)18(31)13-16/h9-13,26H,3-8,14H2,1-2H3,(H,33,37). The molecule has 0 saturated heterocycles. The zero-order valence-electron chi connectivity index (χ0n) is 21.5. The fourth-order valence-corrected chi connectivity index (χ4v) is 6.72. The molecule has 5 rings (SSSR count). The van der Waals surface area contributed by atoms with Gasteiger partial charge in [-0.05, 0) is 84.2 Å². The van der Waals surface area contributed by atoms with Gasteiger partial charge in [0.2, 0.25) is 0 Å². The molecule has 10 heteroatoms. The number of nitrogens with one attached hydrogen (secondary N) is 1. The smallest absolute Gasteiger partial charge is 0.262 e. The van der Waals surface area contributed by atoms with Gasteiger partial charge in [-0.25, -0.2) is 0 Å². The number of halogens is 3. The maximum atomic E-state index is 13.3. The van der Waals surface area contributed by atoms with Crippen LogP contribution in [0, 0.1) is 3.57 Å². The molecule has 0 aromatic heterocycles. The minimum absolute atomic E-state index is 0.0892. The van der Waals surface area contributed by atoms with Crippen LogP contribution in [0.15, 0.2) is 52.9 Å². The lowest BCUT2D eigenvalue weighted by Crippen LogP contribution is -2.37. The second-order valence-corrected chi connectivity index (χ2v) is 11.7. The third-order valence-electron chi connectivity index (χ3n) is 7.38. The molecule has 1 heterocycles. The summed E-state index contributed by atoms with van der Waals surface area (Å²) in [6, 6.07) is 8.56. The zero-order chi connectivity index (χ0) is 27.8. The van der Waals surface area contributed by atoms with Gasteiger partial charge >= 0.3 is 0 Å². The Bertz CT molecular complexity index is 1410. The van der Waals surface area contributed by atoms with Gasteiger partial charge in [-0.15, -0.1) is 0 Å². The summed E-state index contributed by atoms with van der Waals surface area (Å²) in [4.78, 5) is 41.2. The molecule has 0 unspecified atom stereocenters. The number of rotatable bonds is 6. The predicted octanol–water partition coefficient (Wildman–Crippen LogP) is 6.67. The minimum atomic E-state index is -0.443. The lowest BCUT2D eigenvalue weighted by Gasteiger charge is -2.42. The number of benzene rings is 2. The molecule has 2 aliphatic carbocycles. The normalized spacial score (nSPS) is 17.7. The molecule has 1 N–H and O–H groups in total. The van der Waals surface area contributed by atoms with Crippen LogP contribution in [0.3, 0.4) is 0 Å². The van der Waals surface area contributed by atoms with E-state index in [1.807, 2.05) is 19.2 Å². The van der Waals surface area contributed by atoms with E-state index in [0.29, 0.717) is 54.8 Å². The first kappa shape index (κ1) is 28.0. The van der Waals surface area contributed by atoms with Gasteiger partial charge in [-0.3, -0.25) is 14.4 Å². The second kappa shape index (κ2) is 11.5. The van der Waals surface area contributed by atoms with Gasteiger partial charge in [0.05, 0.1) is 20.7 Å². The SMILES string of the molecule is COc1cc(C2C3=C(CCCC3=O)N(C)C3=C2C(=O)CCC3)cc(I)c1OCC(=O)Nc1ccc(Cl)c(Cl)c1. The quantitative estimate of drug-likeness (QED) is 0.344. The Morgan fingerprint density at radius 2 is 1.64 bits per heavy atom. The molecule has 1 amide bonds. The average Bonchev–Trinajstić information content (AvgIpc) is 2.91. The van der Waals surface area contributed by atoms with E-state index in [1.165, 1.54) is 7.11 Å². The number of nitrogens with zero attached hydrogens (tertiary/aromatic N) is 1. The van der Waals surface area contributed by atoms with Gasteiger partial charge in [-0.2, -0.15) is 0 Å². The highest BCUT2D eigenvalue weighted by atomic mass is 127. The summed E-state index contributed by atoms with van der Waals surface area (Å²) in [7, 11) is 3.50. The Kier molecular flexibility index (Phi) is 8.26. The number of amides is 1. The van der Waals surface area contributed by atoms with Crippen LogP contribution in [0.25, 0.3) is 0 Å². The molecule has 0 saturated carbocycles. The Morgan fingerprint density at radius 1 is 1.00 bits per heavy atom. The number of Topliss-reactive ketones (excluding diaryl/α,β-unsaturated/α-hetero) is 2. The summed E-state index contributed by atoms with van der Waals surface area (Å²) in [5, 5.41) is 3.46. The van der Waals surface area contributed by atoms with Crippen LogP contribution in [0.2, 0.25) is 10.0 Å². The molecule has 2 aromatic rings. The van der Waals surface area contributed by atoms with Crippen molar-refractivity contribution in [3.63, 3.8) is 0 Å².